The van der Waals surface area contributed by atoms with Gasteiger partial charge in [-0.25, -0.2) is 0 Å². The van der Waals surface area contributed by atoms with Crippen molar-refractivity contribution < 1.29 is 9.53 Å². The third-order valence-corrected chi connectivity index (χ3v) is 5.95. The number of fused-ring (bicyclic) bond motifs is 1. The van der Waals surface area contributed by atoms with E-state index in [1.54, 1.807) is 11.8 Å². The van der Waals surface area contributed by atoms with Gasteiger partial charge in [0.1, 0.15) is 5.75 Å². The zero-order valence-electron chi connectivity index (χ0n) is 15.7. The second-order valence-electron chi connectivity index (χ2n) is 7.18. The van der Waals surface area contributed by atoms with Gasteiger partial charge < -0.3 is 14.5 Å². The van der Waals surface area contributed by atoms with Crippen LogP contribution in [0.25, 0.3) is 0 Å². The lowest BCUT2D eigenvalue weighted by Gasteiger charge is -2.38. The van der Waals surface area contributed by atoms with Crippen LogP contribution < -0.4 is 9.64 Å². The van der Waals surface area contributed by atoms with Gasteiger partial charge in [0.05, 0.1) is 29.2 Å². The third kappa shape index (κ3) is 3.48. The van der Waals surface area contributed by atoms with Crippen molar-refractivity contribution in [3.8, 4) is 5.75 Å². The number of hydrogen-bond donors (Lipinski definition) is 0. The molecule has 2 aromatic rings. The molecule has 0 saturated carbocycles. The zero-order chi connectivity index (χ0) is 19.0. The average molecular weight is 390 g/mol. The highest BCUT2D eigenvalue weighted by Gasteiger charge is 2.32. The summed E-state index contributed by atoms with van der Waals surface area (Å²) in [4.78, 5) is 17.2. The number of amides is 1. The largest absolute Gasteiger partial charge is 0.497 e. The Kier molecular flexibility index (Phi) is 4.95. The van der Waals surface area contributed by atoms with Crippen LogP contribution in [0.1, 0.15) is 17.8 Å². The molecule has 1 unspecified atom stereocenters. The summed E-state index contributed by atoms with van der Waals surface area (Å²) in [5.41, 5.74) is 3.10. The number of anilines is 1. The fraction of sp³-hybridized carbons (Fsp3) is 0.526. The SMILES string of the molecule is COc1ccc(Cl)c(N2CCN(C(=O)C3CCc4nnn(C)c4C3)CC2)c1. The first-order chi connectivity index (χ1) is 13.1. The van der Waals surface area contributed by atoms with Crippen molar-refractivity contribution in [1.82, 2.24) is 19.9 Å². The number of benzene rings is 1. The lowest BCUT2D eigenvalue weighted by atomic mass is 9.88. The summed E-state index contributed by atoms with van der Waals surface area (Å²) in [6.45, 7) is 2.95. The molecule has 27 heavy (non-hydrogen) atoms. The molecule has 1 fully saturated rings. The summed E-state index contributed by atoms with van der Waals surface area (Å²) in [6, 6.07) is 5.67. The molecule has 1 aromatic heterocycles. The number of aryl methyl sites for hydroxylation is 2. The number of methoxy groups -OCH3 is 1. The first-order valence-electron chi connectivity index (χ1n) is 9.31. The van der Waals surface area contributed by atoms with Crippen LogP contribution in [0.2, 0.25) is 5.02 Å². The zero-order valence-corrected chi connectivity index (χ0v) is 16.4. The van der Waals surface area contributed by atoms with Crippen LogP contribution in [0.15, 0.2) is 18.2 Å². The first kappa shape index (κ1) is 18.1. The molecule has 1 saturated heterocycles. The summed E-state index contributed by atoms with van der Waals surface area (Å²) in [7, 11) is 3.55. The normalized spacial score (nSPS) is 19.7. The highest BCUT2D eigenvalue weighted by atomic mass is 35.5. The Bertz CT molecular complexity index is 845. The molecule has 7 nitrogen and oxygen atoms in total. The molecule has 2 heterocycles. The summed E-state index contributed by atoms with van der Waals surface area (Å²) in [6.07, 6.45) is 2.42. The van der Waals surface area contributed by atoms with Crippen molar-refractivity contribution in [2.75, 3.05) is 38.2 Å². The van der Waals surface area contributed by atoms with Crippen molar-refractivity contribution in [2.45, 2.75) is 19.3 Å². The lowest BCUT2D eigenvalue weighted by molar-refractivity contribution is -0.136. The molecule has 0 radical (unpaired) electrons. The topological polar surface area (TPSA) is 63.5 Å². The summed E-state index contributed by atoms with van der Waals surface area (Å²) >= 11 is 6.37. The van der Waals surface area contributed by atoms with Crippen molar-refractivity contribution in [3.63, 3.8) is 0 Å². The molecule has 0 N–H and O–H groups in total. The van der Waals surface area contributed by atoms with E-state index in [0.717, 1.165) is 55.2 Å². The van der Waals surface area contributed by atoms with Crippen LogP contribution in [0.4, 0.5) is 5.69 Å². The number of hydrogen-bond acceptors (Lipinski definition) is 5. The molecule has 144 valence electrons. The van der Waals surface area contributed by atoms with E-state index in [0.29, 0.717) is 18.1 Å². The van der Waals surface area contributed by atoms with E-state index < -0.39 is 0 Å². The van der Waals surface area contributed by atoms with Crippen LogP contribution in [0.3, 0.4) is 0 Å². The van der Waals surface area contributed by atoms with E-state index in [-0.39, 0.29) is 11.8 Å². The predicted molar refractivity (Wildman–Crippen MR) is 103 cm³/mol. The molecule has 1 atom stereocenters. The molecular formula is C19H24ClN5O2. The molecule has 0 spiro atoms. The van der Waals surface area contributed by atoms with Crippen molar-refractivity contribution >= 4 is 23.2 Å². The summed E-state index contributed by atoms with van der Waals surface area (Å²) in [5, 5.41) is 8.98. The van der Waals surface area contributed by atoms with Crippen LogP contribution >= 0.6 is 11.6 Å². The lowest BCUT2D eigenvalue weighted by Crippen LogP contribution is -2.51. The van der Waals surface area contributed by atoms with Gasteiger partial charge in [-0.1, -0.05) is 16.8 Å². The molecule has 2 aliphatic rings. The predicted octanol–water partition coefficient (Wildman–Crippen LogP) is 1.93. The van der Waals surface area contributed by atoms with Gasteiger partial charge in [-0.2, -0.15) is 0 Å². The highest BCUT2D eigenvalue weighted by Crippen LogP contribution is 2.31. The van der Waals surface area contributed by atoms with Gasteiger partial charge in [-0.3, -0.25) is 9.48 Å². The standard InChI is InChI=1S/C19H24ClN5O2/c1-23-18-11-13(3-6-16(18)21-22-23)19(26)25-9-7-24(8-10-25)17-12-14(27-2)4-5-15(17)20/h4-5,12-13H,3,6-11H2,1-2H3. The number of carbonyl (C=O) groups excluding carboxylic acids is 1. The minimum Gasteiger partial charge on any atom is -0.497 e. The number of carbonyl (C=O) groups is 1. The number of nitrogens with zero attached hydrogens (tertiary/aromatic N) is 5. The maximum absolute atomic E-state index is 13.0. The number of rotatable bonds is 3. The quantitative estimate of drug-likeness (QED) is 0.802. The Morgan fingerprint density at radius 3 is 2.78 bits per heavy atom. The second kappa shape index (κ2) is 7.38. The van der Waals surface area contributed by atoms with Gasteiger partial charge in [0.25, 0.3) is 0 Å². The Balaban J connectivity index is 1.39. The Hall–Kier alpha value is -2.28. The number of aromatic nitrogens is 3. The summed E-state index contributed by atoms with van der Waals surface area (Å²) in [5.74, 6) is 1.07. The van der Waals surface area contributed by atoms with E-state index in [1.807, 2.05) is 30.1 Å². The van der Waals surface area contributed by atoms with Crippen molar-refractivity contribution in [3.05, 3.63) is 34.6 Å². The Morgan fingerprint density at radius 2 is 2.04 bits per heavy atom. The monoisotopic (exact) mass is 389 g/mol. The molecule has 1 aliphatic heterocycles. The van der Waals surface area contributed by atoms with Crippen LogP contribution in [-0.4, -0.2) is 59.1 Å². The third-order valence-electron chi connectivity index (χ3n) is 5.63. The smallest absolute Gasteiger partial charge is 0.226 e. The highest BCUT2D eigenvalue weighted by molar-refractivity contribution is 6.33. The van der Waals surface area contributed by atoms with Gasteiger partial charge in [0.15, 0.2) is 0 Å². The molecular weight excluding hydrogens is 366 g/mol. The second-order valence-corrected chi connectivity index (χ2v) is 7.58. The van der Waals surface area contributed by atoms with E-state index in [4.69, 9.17) is 16.3 Å². The first-order valence-corrected chi connectivity index (χ1v) is 9.69. The fourth-order valence-electron chi connectivity index (χ4n) is 4.01. The minimum atomic E-state index is 0.0293. The van der Waals surface area contributed by atoms with Gasteiger partial charge in [0, 0.05) is 51.6 Å². The van der Waals surface area contributed by atoms with Crippen LogP contribution in [0.5, 0.6) is 5.75 Å². The molecule has 0 bridgehead atoms. The molecule has 1 amide bonds. The molecule has 4 rings (SSSR count). The molecule has 1 aliphatic carbocycles. The maximum atomic E-state index is 13.0. The maximum Gasteiger partial charge on any atom is 0.226 e. The van der Waals surface area contributed by atoms with Gasteiger partial charge >= 0.3 is 0 Å². The van der Waals surface area contributed by atoms with Crippen molar-refractivity contribution in [1.29, 1.82) is 0 Å². The van der Waals surface area contributed by atoms with E-state index >= 15 is 0 Å². The molecule has 8 heteroatoms. The Morgan fingerprint density at radius 1 is 1.26 bits per heavy atom. The minimum absolute atomic E-state index is 0.0293. The number of piperazine rings is 1. The van der Waals surface area contributed by atoms with Gasteiger partial charge in [0.2, 0.25) is 5.91 Å². The Labute approximate surface area is 163 Å². The van der Waals surface area contributed by atoms with E-state index in [9.17, 15) is 4.79 Å². The average Bonchev–Trinajstić information content (AvgIpc) is 3.08. The molecule has 1 aromatic carbocycles. The van der Waals surface area contributed by atoms with Crippen LogP contribution in [-0.2, 0) is 24.7 Å². The van der Waals surface area contributed by atoms with E-state index in [2.05, 4.69) is 15.2 Å². The number of ether oxygens (including phenoxy) is 1. The van der Waals surface area contributed by atoms with Crippen LogP contribution in [0, 0.1) is 5.92 Å². The van der Waals surface area contributed by atoms with Gasteiger partial charge in [-0.15, -0.1) is 5.10 Å². The van der Waals surface area contributed by atoms with Gasteiger partial charge in [-0.05, 0) is 25.0 Å². The fourth-order valence-corrected chi connectivity index (χ4v) is 4.25. The van der Waals surface area contributed by atoms with E-state index in [1.165, 1.54) is 0 Å². The number of halogens is 1. The van der Waals surface area contributed by atoms with Crippen molar-refractivity contribution in [2.24, 2.45) is 13.0 Å². The summed E-state index contributed by atoms with van der Waals surface area (Å²) < 4.78 is 7.11.